The SMILES string of the molecule is O=C(CCCc1nc(-c2cccs2)no1)NCC1(c2ccc3c(c2)OCO3)CCCCC1. The predicted octanol–water partition coefficient (Wildman–Crippen LogP) is 4.87. The molecule has 0 spiro atoms. The van der Waals surface area contributed by atoms with Gasteiger partial charge >= 0.3 is 0 Å². The summed E-state index contributed by atoms with van der Waals surface area (Å²) in [6, 6.07) is 10.1. The summed E-state index contributed by atoms with van der Waals surface area (Å²) in [4.78, 5) is 18.0. The molecule has 1 amide bonds. The van der Waals surface area contributed by atoms with Crippen LogP contribution in [0.25, 0.3) is 10.7 Å². The van der Waals surface area contributed by atoms with E-state index in [0.717, 1.165) is 29.2 Å². The van der Waals surface area contributed by atoms with Gasteiger partial charge < -0.3 is 19.3 Å². The Balaban J connectivity index is 1.16. The third-order valence-corrected chi connectivity index (χ3v) is 7.29. The third-order valence-electron chi connectivity index (χ3n) is 6.42. The molecule has 0 atom stereocenters. The molecule has 1 saturated carbocycles. The lowest BCUT2D eigenvalue weighted by atomic mass is 9.69. The molecule has 0 bridgehead atoms. The lowest BCUT2D eigenvalue weighted by Gasteiger charge is -2.38. The molecular formula is C24H27N3O4S. The number of aromatic nitrogens is 2. The molecule has 2 aliphatic rings. The summed E-state index contributed by atoms with van der Waals surface area (Å²) in [5, 5.41) is 9.21. The molecule has 2 aromatic heterocycles. The number of nitrogens with zero attached hydrogens (tertiary/aromatic N) is 2. The number of ether oxygens (including phenoxy) is 2. The van der Waals surface area contributed by atoms with Gasteiger partial charge in [0.25, 0.3) is 0 Å². The third kappa shape index (κ3) is 4.50. The normalized spacial score (nSPS) is 16.8. The standard InChI is InChI=1S/C24H27N3O4S/c28-21(7-4-8-22-26-23(27-31-22)20-6-5-13-32-20)25-15-24(11-2-1-3-12-24)17-9-10-18-19(14-17)30-16-29-18/h5-6,9-10,13-14H,1-4,7-8,11-12,15-16H2,(H,25,28). The lowest BCUT2D eigenvalue weighted by Crippen LogP contribution is -2.42. The summed E-state index contributed by atoms with van der Waals surface area (Å²) in [5.74, 6) is 2.86. The van der Waals surface area contributed by atoms with Crippen molar-refractivity contribution in [2.24, 2.45) is 0 Å². The smallest absolute Gasteiger partial charge is 0.231 e. The molecule has 1 N–H and O–H groups in total. The highest BCUT2D eigenvalue weighted by atomic mass is 32.1. The van der Waals surface area contributed by atoms with Crippen molar-refractivity contribution in [3.63, 3.8) is 0 Å². The van der Waals surface area contributed by atoms with Crippen LogP contribution in [0.4, 0.5) is 0 Å². The molecule has 7 nitrogen and oxygen atoms in total. The van der Waals surface area contributed by atoms with Gasteiger partial charge in [0.05, 0.1) is 4.88 Å². The molecule has 8 heteroatoms. The Morgan fingerprint density at radius 1 is 1.12 bits per heavy atom. The van der Waals surface area contributed by atoms with Crippen molar-refractivity contribution >= 4 is 17.2 Å². The quantitative estimate of drug-likeness (QED) is 0.524. The second kappa shape index (κ2) is 9.32. The maximum absolute atomic E-state index is 12.6. The highest BCUT2D eigenvalue weighted by Gasteiger charge is 2.35. The number of fused-ring (bicyclic) bond motifs is 1. The Labute approximate surface area is 191 Å². The number of amides is 1. The molecule has 0 saturated heterocycles. The van der Waals surface area contributed by atoms with Crippen LogP contribution < -0.4 is 14.8 Å². The Morgan fingerprint density at radius 2 is 2.00 bits per heavy atom. The maximum Gasteiger partial charge on any atom is 0.231 e. The number of nitrogens with one attached hydrogen (secondary N) is 1. The summed E-state index contributed by atoms with van der Waals surface area (Å²) in [5.41, 5.74) is 1.19. The summed E-state index contributed by atoms with van der Waals surface area (Å²) in [6.45, 7) is 0.923. The van der Waals surface area contributed by atoms with E-state index in [0.29, 0.717) is 37.5 Å². The van der Waals surface area contributed by atoms with E-state index in [1.807, 2.05) is 23.6 Å². The van der Waals surface area contributed by atoms with Crippen LogP contribution in [-0.4, -0.2) is 29.4 Å². The largest absolute Gasteiger partial charge is 0.454 e. The maximum atomic E-state index is 12.6. The second-order valence-electron chi connectivity index (χ2n) is 8.53. The van der Waals surface area contributed by atoms with Crippen LogP contribution in [0.15, 0.2) is 40.2 Å². The first kappa shape index (κ1) is 21.0. The van der Waals surface area contributed by atoms with Crippen LogP contribution in [-0.2, 0) is 16.6 Å². The molecule has 1 aromatic carbocycles. The molecule has 1 aliphatic carbocycles. The van der Waals surface area contributed by atoms with Gasteiger partial charge in [0, 0.05) is 24.8 Å². The Hall–Kier alpha value is -2.87. The van der Waals surface area contributed by atoms with E-state index < -0.39 is 0 Å². The van der Waals surface area contributed by atoms with Crippen molar-refractivity contribution in [1.29, 1.82) is 0 Å². The predicted molar refractivity (Wildman–Crippen MR) is 121 cm³/mol. The average molecular weight is 454 g/mol. The molecule has 3 heterocycles. The first-order chi connectivity index (χ1) is 15.7. The van der Waals surface area contributed by atoms with Crippen LogP contribution in [0, 0.1) is 0 Å². The van der Waals surface area contributed by atoms with Gasteiger partial charge in [-0.25, -0.2) is 0 Å². The molecule has 32 heavy (non-hydrogen) atoms. The van der Waals surface area contributed by atoms with Gasteiger partial charge in [-0.2, -0.15) is 4.98 Å². The van der Waals surface area contributed by atoms with Crippen LogP contribution in [0.2, 0.25) is 0 Å². The number of carbonyl (C=O) groups excluding carboxylic acids is 1. The summed E-state index contributed by atoms with van der Waals surface area (Å²) >= 11 is 1.58. The number of aryl methyl sites for hydroxylation is 1. The fourth-order valence-corrected chi connectivity index (χ4v) is 5.29. The number of hydrogen-bond donors (Lipinski definition) is 1. The minimum Gasteiger partial charge on any atom is -0.454 e. The fraction of sp³-hybridized carbons (Fsp3) is 0.458. The Morgan fingerprint density at radius 3 is 2.84 bits per heavy atom. The van der Waals surface area contributed by atoms with E-state index in [1.165, 1.54) is 24.8 Å². The van der Waals surface area contributed by atoms with Crippen LogP contribution >= 0.6 is 11.3 Å². The average Bonchev–Trinajstić information content (AvgIpc) is 3.59. The van der Waals surface area contributed by atoms with E-state index in [-0.39, 0.29) is 18.1 Å². The molecule has 1 fully saturated rings. The van der Waals surface area contributed by atoms with Crippen molar-refractivity contribution in [2.45, 2.75) is 56.8 Å². The van der Waals surface area contributed by atoms with Crippen LogP contribution in [0.1, 0.15) is 56.4 Å². The van der Waals surface area contributed by atoms with Gasteiger partial charge in [0.2, 0.25) is 24.4 Å². The number of thiophene rings is 1. The first-order valence-corrected chi connectivity index (χ1v) is 12.1. The number of rotatable bonds is 8. The topological polar surface area (TPSA) is 86.5 Å². The minimum atomic E-state index is -0.0447. The van der Waals surface area contributed by atoms with E-state index in [4.69, 9.17) is 14.0 Å². The van der Waals surface area contributed by atoms with Crippen molar-refractivity contribution in [2.75, 3.05) is 13.3 Å². The molecule has 1 aliphatic heterocycles. The second-order valence-corrected chi connectivity index (χ2v) is 9.48. The molecule has 3 aromatic rings. The van der Waals surface area contributed by atoms with Gasteiger partial charge in [-0.3, -0.25) is 4.79 Å². The van der Waals surface area contributed by atoms with Gasteiger partial charge in [-0.15, -0.1) is 11.3 Å². The van der Waals surface area contributed by atoms with Crippen LogP contribution in [0.5, 0.6) is 11.5 Å². The number of benzene rings is 1. The summed E-state index contributed by atoms with van der Waals surface area (Å²) in [7, 11) is 0. The van der Waals surface area contributed by atoms with E-state index >= 15 is 0 Å². The highest BCUT2D eigenvalue weighted by Crippen LogP contribution is 2.43. The van der Waals surface area contributed by atoms with Crippen LogP contribution in [0.3, 0.4) is 0 Å². The zero-order valence-corrected chi connectivity index (χ0v) is 18.8. The lowest BCUT2D eigenvalue weighted by molar-refractivity contribution is -0.121. The fourth-order valence-electron chi connectivity index (χ4n) is 4.64. The van der Waals surface area contributed by atoms with Gasteiger partial charge in [0.1, 0.15) is 0 Å². The number of hydrogen-bond acceptors (Lipinski definition) is 7. The molecule has 0 radical (unpaired) electrons. The minimum absolute atomic E-state index is 0.0447. The zero-order valence-electron chi connectivity index (χ0n) is 18.0. The van der Waals surface area contributed by atoms with Crippen molar-refractivity contribution < 1.29 is 18.8 Å². The Kier molecular flexibility index (Phi) is 6.12. The van der Waals surface area contributed by atoms with Gasteiger partial charge in [-0.1, -0.05) is 36.6 Å². The van der Waals surface area contributed by atoms with Gasteiger partial charge in [0.15, 0.2) is 11.5 Å². The number of carbonyl (C=O) groups is 1. The molecule has 0 unspecified atom stereocenters. The highest BCUT2D eigenvalue weighted by molar-refractivity contribution is 7.13. The van der Waals surface area contributed by atoms with Crippen molar-refractivity contribution in [1.82, 2.24) is 15.5 Å². The summed E-state index contributed by atoms with van der Waals surface area (Å²) in [6.07, 6.45) is 7.45. The van der Waals surface area contributed by atoms with Gasteiger partial charge in [-0.05, 0) is 48.4 Å². The monoisotopic (exact) mass is 453 g/mol. The van der Waals surface area contributed by atoms with Crippen molar-refractivity contribution in [3.8, 4) is 22.2 Å². The first-order valence-electron chi connectivity index (χ1n) is 11.3. The van der Waals surface area contributed by atoms with E-state index in [2.05, 4.69) is 27.6 Å². The zero-order chi connectivity index (χ0) is 21.8. The molecule has 5 rings (SSSR count). The van der Waals surface area contributed by atoms with Crippen molar-refractivity contribution in [3.05, 3.63) is 47.2 Å². The Bertz CT molecular complexity index is 1060. The molecular weight excluding hydrogens is 426 g/mol. The van der Waals surface area contributed by atoms with E-state index in [1.54, 1.807) is 11.3 Å². The summed E-state index contributed by atoms with van der Waals surface area (Å²) < 4.78 is 16.4. The van der Waals surface area contributed by atoms with E-state index in [9.17, 15) is 4.79 Å². The molecule has 168 valence electrons.